The Labute approximate surface area is 128 Å². The van der Waals surface area contributed by atoms with Crippen molar-refractivity contribution >= 4 is 12.1 Å². The van der Waals surface area contributed by atoms with Gasteiger partial charge in [0.05, 0.1) is 0 Å². The highest BCUT2D eigenvalue weighted by molar-refractivity contribution is 5.81. The third kappa shape index (κ3) is 5.19. The Hall–Kier alpha value is -2.38. The monoisotopic (exact) mass is 314 g/mol. The van der Waals surface area contributed by atoms with E-state index in [9.17, 15) is 19.8 Å². The summed E-state index contributed by atoms with van der Waals surface area (Å²) >= 11 is 0. The zero-order valence-electron chi connectivity index (χ0n) is 13.1. The fourth-order valence-corrected chi connectivity index (χ4v) is 1.64. The van der Waals surface area contributed by atoms with Crippen LogP contribution in [0.1, 0.15) is 40.5 Å². The van der Waals surface area contributed by atoms with Gasteiger partial charge < -0.3 is 25.1 Å². The molecule has 0 aliphatic heterocycles. The Balaban J connectivity index is 2.74. The molecule has 0 aromatic carbocycles. The minimum Gasteiger partial charge on any atom is -0.492 e. The maximum Gasteiger partial charge on any atom is 0.408 e. The van der Waals surface area contributed by atoms with Gasteiger partial charge in [-0.1, -0.05) is 13.3 Å². The quantitative estimate of drug-likeness (QED) is 0.760. The maximum absolute atomic E-state index is 12.1. The minimum atomic E-state index is -0.957. The lowest BCUT2D eigenvalue weighted by atomic mass is 10.2. The van der Waals surface area contributed by atoms with Crippen molar-refractivity contribution < 1.29 is 29.4 Å². The second kappa shape index (κ2) is 7.06. The molecule has 1 amide bonds. The van der Waals surface area contributed by atoms with Crippen LogP contribution in [0, 0.1) is 0 Å². The highest BCUT2D eigenvalue weighted by Crippen LogP contribution is 2.19. The Morgan fingerprint density at radius 2 is 1.82 bits per heavy atom. The Morgan fingerprint density at radius 1 is 1.27 bits per heavy atom. The highest BCUT2D eigenvalue weighted by Gasteiger charge is 2.26. The largest absolute Gasteiger partial charge is 0.492 e. The van der Waals surface area contributed by atoms with E-state index < -0.39 is 35.5 Å². The van der Waals surface area contributed by atoms with Crippen LogP contribution in [0.25, 0.3) is 0 Å². The lowest BCUT2D eigenvalue weighted by molar-refractivity contribution is -0.148. The number of aromatic nitrogens is 1. The second-order valence-electron chi connectivity index (χ2n) is 5.74. The number of hydrogen-bond donors (Lipinski definition) is 3. The molecule has 1 aromatic rings. The number of amides is 1. The zero-order chi connectivity index (χ0) is 16.9. The smallest absolute Gasteiger partial charge is 0.408 e. The summed E-state index contributed by atoms with van der Waals surface area (Å²) in [4.78, 5) is 28.7. The Kier molecular flexibility index (Phi) is 5.67. The number of nitrogens with zero attached hydrogens (tertiary/aromatic N) is 1. The summed E-state index contributed by atoms with van der Waals surface area (Å²) < 4.78 is 5.66. The predicted octanol–water partition coefficient (Wildman–Crippen LogP) is 1.55. The highest BCUT2D eigenvalue weighted by atomic mass is 16.7. The summed E-state index contributed by atoms with van der Waals surface area (Å²) in [5.74, 6) is -1.69. The lowest BCUT2D eigenvalue weighted by Gasteiger charge is -2.22. The Morgan fingerprint density at radius 3 is 2.27 bits per heavy atom. The van der Waals surface area contributed by atoms with E-state index in [1.807, 2.05) is 6.92 Å². The molecule has 0 fully saturated rings. The van der Waals surface area contributed by atoms with Crippen LogP contribution in [0.3, 0.4) is 0 Å². The van der Waals surface area contributed by atoms with E-state index in [2.05, 4.69) is 5.32 Å². The SMILES string of the molecule is CCC[C@H](NC(=O)OC(C)(C)C)C(=O)On1c(O)ccc1O. The molecule has 0 spiro atoms. The molecule has 0 saturated carbocycles. The van der Waals surface area contributed by atoms with Gasteiger partial charge in [0.2, 0.25) is 11.8 Å². The number of rotatable bonds is 5. The number of carbonyl (C=O) groups excluding carboxylic acids is 2. The first kappa shape index (κ1) is 17.7. The maximum atomic E-state index is 12.1. The summed E-state index contributed by atoms with van der Waals surface area (Å²) in [6.07, 6.45) is 0.184. The van der Waals surface area contributed by atoms with Crippen LogP contribution in [0.2, 0.25) is 0 Å². The molecule has 0 bridgehead atoms. The first-order valence-corrected chi connectivity index (χ1v) is 6.95. The summed E-state index contributed by atoms with van der Waals surface area (Å²) in [5.41, 5.74) is -0.693. The number of ether oxygens (including phenoxy) is 1. The molecule has 8 heteroatoms. The van der Waals surface area contributed by atoms with Gasteiger partial charge in [-0.15, -0.1) is 4.73 Å². The molecular formula is C14H22N2O6. The Bertz CT molecular complexity index is 512. The van der Waals surface area contributed by atoms with Crippen molar-refractivity contribution in [2.75, 3.05) is 0 Å². The van der Waals surface area contributed by atoms with Gasteiger partial charge in [0.1, 0.15) is 11.6 Å². The van der Waals surface area contributed by atoms with Gasteiger partial charge in [0, 0.05) is 12.1 Å². The van der Waals surface area contributed by atoms with E-state index in [1.54, 1.807) is 20.8 Å². The zero-order valence-corrected chi connectivity index (χ0v) is 13.1. The third-order valence-corrected chi connectivity index (χ3v) is 2.53. The molecule has 0 aliphatic rings. The van der Waals surface area contributed by atoms with Gasteiger partial charge in [-0.25, -0.2) is 9.59 Å². The summed E-state index contributed by atoms with van der Waals surface area (Å²) in [6, 6.07) is 1.37. The van der Waals surface area contributed by atoms with Gasteiger partial charge >= 0.3 is 12.1 Å². The predicted molar refractivity (Wildman–Crippen MR) is 77.4 cm³/mol. The number of nitrogens with one attached hydrogen (secondary N) is 1. The van der Waals surface area contributed by atoms with Crippen molar-refractivity contribution in [2.24, 2.45) is 0 Å². The van der Waals surface area contributed by atoms with E-state index >= 15 is 0 Å². The van der Waals surface area contributed by atoms with Crippen LogP contribution < -0.4 is 10.2 Å². The molecule has 1 atom stereocenters. The van der Waals surface area contributed by atoms with E-state index in [-0.39, 0.29) is 0 Å². The van der Waals surface area contributed by atoms with Crippen LogP contribution in [-0.4, -0.2) is 38.6 Å². The first-order valence-electron chi connectivity index (χ1n) is 6.95. The fraction of sp³-hybridized carbons (Fsp3) is 0.571. The molecule has 8 nitrogen and oxygen atoms in total. The average molecular weight is 314 g/mol. The van der Waals surface area contributed by atoms with Gasteiger partial charge in [0.15, 0.2) is 0 Å². The molecule has 0 saturated heterocycles. The molecule has 0 unspecified atom stereocenters. The van der Waals surface area contributed by atoms with E-state index in [0.717, 1.165) is 0 Å². The van der Waals surface area contributed by atoms with E-state index in [1.165, 1.54) is 12.1 Å². The summed E-state index contributed by atoms with van der Waals surface area (Å²) in [7, 11) is 0. The van der Waals surface area contributed by atoms with Crippen molar-refractivity contribution in [3.05, 3.63) is 12.1 Å². The molecule has 1 rings (SSSR count). The molecule has 3 N–H and O–H groups in total. The van der Waals surface area contributed by atoms with Crippen molar-refractivity contribution in [3.8, 4) is 11.8 Å². The number of hydrogen-bond acceptors (Lipinski definition) is 6. The minimum absolute atomic E-state index is 0.320. The van der Waals surface area contributed by atoms with Crippen LogP contribution in [0.15, 0.2) is 12.1 Å². The van der Waals surface area contributed by atoms with Crippen molar-refractivity contribution in [1.29, 1.82) is 0 Å². The van der Waals surface area contributed by atoms with E-state index in [4.69, 9.17) is 9.57 Å². The van der Waals surface area contributed by atoms with Crippen LogP contribution in [-0.2, 0) is 9.53 Å². The van der Waals surface area contributed by atoms with Gasteiger partial charge in [-0.3, -0.25) is 0 Å². The van der Waals surface area contributed by atoms with Gasteiger partial charge in [-0.05, 0) is 27.2 Å². The standard InChI is InChI=1S/C14H22N2O6/c1-5-6-9(15-13(20)21-14(2,3)4)12(19)22-16-10(17)7-8-11(16)18/h7-9,17-18H,5-6H2,1-4H3,(H,15,20)/t9-/m0/s1. The first-order chi connectivity index (χ1) is 10.1. The van der Waals surface area contributed by atoms with Crippen molar-refractivity contribution in [1.82, 2.24) is 10.0 Å². The van der Waals surface area contributed by atoms with Gasteiger partial charge in [0.25, 0.3) is 0 Å². The lowest BCUT2D eigenvalue weighted by Crippen LogP contribution is -2.46. The number of carbonyl (C=O) groups is 2. The summed E-state index contributed by atoms with van der Waals surface area (Å²) in [6.45, 7) is 6.95. The average Bonchev–Trinajstić information content (AvgIpc) is 2.67. The summed E-state index contributed by atoms with van der Waals surface area (Å²) in [5, 5.41) is 21.3. The van der Waals surface area contributed by atoms with Crippen molar-refractivity contribution in [3.63, 3.8) is 0 Å². The van der Waals surface area contributed by atoms with E-state index in [0.29, 0.717) is 17.6 Å². The van der Waals surface area contributed by atoms with Crippen molar-refractivity contribution in [2.45, 2.75) is 52.2 Å². The normalized spacial score (nSPS) is 12.5. The second-order valence-corrected chi connectivity index (χ2v) is 5.74. The topological polar surface area (TPSA) is 110 Å². The van der Waals surface area contributed by atoms with Crippen LogP contribution >= 0.6 is 0 Å². The molecule has 0 aliphatic carbocycles. The molecular weight excluding hydrogens is 292 g/mol. The van der Waals surface area contributed by atoms with Crippen LogP contribution in [0.5, 0.6) is 11.8 Å². The molecule has 124 valence electrons. The van der Waals surface area contributed by atoms with Crippen LogP contribution in [0.4, 0.5) is 4.79 Å². The number of alkyl carbamates (subject to hydrolysis) is 1. The third-order valence-electron chi connectivity index (χ3n) is 2.53. The molecule has 22 heavy (non-hydrogen) atoms. The molecule has 0 radical (unpaired) electrons. The van der Waals surface area contributed by atoms with Gasteiger partial charge in [-0.2, -0.15) is 0 Å². The molecule has 1 heterocycles. The fourth-order valence-electron chi connectivity index (χ4n) is 1.64. The number of aromatic hydroxyl groups is 2. The molecule has 1 aromatic heterocycles.